The van der Waals surface area contributed by atoms with E-state index in [2.05, 4.69) is 5.32 Å². The molecule has 0 aliphatic carbocycles. The molecule has 2 N–H and O–H groups in total. The minimum Gasteiger partial charge on any atom is -0.479 e. The highest BCUT2D eigenvalue weighted by molar-refractivity contribution is 5.73. The SMILES string of the molecule is CN[C@@H](c1ccccc1)[C@@H](OC)C(=O)O. The number of carbonyl (C=O) groups is 1. The molecule has 1 aromatic carbocycles. The average molecular weight is 209 g/mol. The molecule has 0 aromatic heterocycles. The minimum atomic E-state index is -0.972. The predicted molar refractivity (Wildman–Crippen MR) is 56.7 cm³/mol. The molecule has 4 heteroatoms. The third kappa shape index (κ3) is 2.78. The maximum Gasteiger partial charge on any atom is 0.334 e. The maximum absolute atomic E-state index is 10.9. The first-order chi connectivity index (χ1) is 7.20. The van der Waals surface area contributed by atoms with E-state index in [1.807, 2.05) is 30.3 Å². The van der Waals surface area contributed by atoms with E-state index in [4.69, 9.17) is 9.84 Å². The number of rotatable bonds is 5. The van der Waals surface area contributed by atoms with Crippen molar-refractivity contribution in [3.63, 3.8) is 0 Å². The molecule has 0 saturated heterocycles. The van der Waals surface area contributed by atoms with Gasteiger partial charge in [0.05, 0.1) is 6.04 Å². The van der Waals surface area contributed by atoms with Gasteiger partial charge >= 0.3 is 5.97 Å². The fraction of sp³-hybridized carbons (Fsp3) is 0.364. The zero-order valence-electron chi connectivity index (χ0n) is 8.81. The van der Waals surface area contributed by atoms with Crippen LogP contribution in [0.4, 0.5) is 0 Å². The number of nitrogens with one attached hydrogen (secondary N) is 1. The molecule has 82 valence electrons. The summed E-state index contributed by atoms with van der Waals surface area (Å²) in [7, 11) is 3.11. The number of carboxylic acid groups (broad SMARTS) is 1. The van der Waals surface area contributed by atoms with Crippen LogP contribution in [0.5, 0.6) is 0 Å². The van der Waals surface area contributed by atoms with Gasteiger partial charge in [-0.2, -0.15) is 0 Å². The predicted octanol–water partition coefficient (Wildman–Crippen LogP) is 1.05. The van der Waals surface area contributed by atoms with Crippen molar-refractivity contribution in [3.8, 4) is 0 Å². The number of methoxy groups -OCH3 is 1. The van der Waals surface area contributed by atoms with Crippen molar-refractivity contribution < 1.29 is 14.6 Å². The molecule has 4 nitrogen and oxygen atoms in total. The Morgan fingerprint density at radius 2 is 2.00 bits per heavy atom. The molecule has 0 aliphatic heterocycles. The van der Waals surface area contributed by atoms with Crippen LogP contribution in [0.25, 0.3) is 0 Å². The highest BCUT2D eigenvalue weighted by Crippen LogP contribution is 2.18. The van der Waals surface area contributed by atoms with Crippen molar-refractivity contribution >= 4 is 5.97 Å². The lowest BCUT2D eigenvalue weighted by Crippen LogP contribution is -2.37. The van der Waals surface area contributed by atoms with E-state index in [9.17, 15) is 4.79 Å². The summed E-state index contributed by atoms with van der Waals surface area (Å²) >= 11 is 0. The summed E-state index contributed by atoms with van der Waals surface area (Å²) in [5, 5.41) is 11.9. The number of aliphatic carboxylic acids is 1. The molecule has 0 amide bonds. The Morgan fingerprint density at radius 1 is 1.40 bits per heavy atom. The van der Waals surface area contributed by atoms with Crippen molar-refractivity contribution in [3.05, 3.63) is 35.9 Å². The van der Waals surface area contributed by atoms with Crippen molar-refractivity contribution in [2.75, 3.05) is 14.2 Å². The van der Waals surface area contributed by atoms with Crippen LogP contribution in [0.2, 0.25) is 0 Å². The quantitative estimate of drug-likeness (QED) is 0.761. The standard InChI is InChI=1S/C11H15NO3/c1-12-9(10(15-2)11(13)14)8-6-4-3-5-7-8/h3-7,9-10,12H,1-2H3,(H,13,14)/t9-,10+/m0/s1. The number of carboxylic acids is 1. The zero-order valence-corrected chi connectivity index (χ0v) is 8.81. The lowest BCUT2D eigenvalue weighted by atomic mass is 10.0. The summed E-state index contributed by atoms with van der Waals surface area (Å²) in [4.78, 5) is 10.9. The van der Waals surface area contributed by atoms with Crippen LogP contribution in [-0.2, 0) is 9.53 Å². The second-order valence-electron chi connectivity index (χ2n) is 3.17. The molecular weight excluding hydrogens is 194 g/mol. The van der Waals surface area contributed by atoms with Gasteiger partial charge in [0.25, 0.3) is 0 Å². The molecule has 1 rings (SSSR count). The number of benzene rings is 1. The largest absolute Gasteiger partial charge is 0.479 e. The number of ether oxygens (including phenoxy) is 1. The summed E-state index contributed by atoms with van der Waals surface area (Å²) < 4.78 is 4.96. The Bertz CT molecular complexity index is 313. The van der Waals surface area contributed by atoms with Crippen molar-refractivity contribution in [1.29, 1.82) is 0 Å². The van der Waals surface area contributed by atoms with Crippen molar-refractivity contribution in [1.82, 2.24) is 5.32 Å². The van der Waals surface area contributed by atoms with Gasteiger partial charge in [-0.3, -0.25) is 0 Å². The van der Waals surface area contributed by atoms with E-state index >= 15 is 0 Å². The summed E-state index contributed by atoms with van der Waals surface area (Å²) in [6, 6.07) is 9.03. The molecule has 0 bridgehead atoms. The average Bonchev–Trinajstić information content (AvgIpc) is 2.26. The zero-order chi connectivity index (χ0) is 11.3. The molecule has 0 unspecified atom stereocenters. The lowest BCUT2D eigenvalue weighted by Gasteiger charge is -2.22. The summed E-state index contributed by atoms with van der Waals surface area (Å²) in [5.74, 6) is -0.972. The van der Waals surface area contributed by atoms with E-state index in [1.54, 1.807) is 7.05 Å². The van der Waals surface area contributed by atoms with Crippen molar-refractivity contribution in [2.45, 2.75) is 12.1 Å². The lowest BCUT2D eigenvalue weighted by molar-refractivity contribution is -0.150. The van der Waals surface area contributed by atoms with Gasteiger partial charge in [0.2, 0.25) is 0 Å². The van der Waals surface area contributed by atoms with E-state index in [-0.39, 0.29) is 6.04 Å². The van der Waals surface area contributed by atoms with Crippen LogP contribution in [-0.4, -0.2) is 31.3 Å². The van der Waals surface area contributed by atoms with Crippen molar-refractivity contribution in [2.24, 2.45) is 0 Å². The third-order valence-electron chi connectivity index (χ3n) is 2.27. The van der Waals surface area contributed by atoms with Gasteiger partial charge in [0, 0.05) is 7.11 Å². The van der Waals surface area contributed by atoms with Gasteiger partial charge in [-0.15, -0.1) is 0 Å². The van der Waals surface area contributed by atoms with Crippen LogP contribution in [0.15, 0.2) is 30.3 Å². The van der Waals surface area contributed by atoms with Crippen LogP contribution < -0.4 is 5.32 Å². The molecule has 0 fully saturated rings. The topological polar surface area (TPSA) is 58.6 Å². The Kier molecular flexibility index (Phi) is 4.27. The highest BCUT2D eigenvalue weighted by Gasteiger charge is 2.27. The normalized spacial score (nSPS) is 14.5. The first-order valence-corrected chi connectivity index (χ1v) is 4.68. The maximum atomic E-state index is 10.9. The van der Waals surface area contributed by atoms with E-state index in [0.29, 0.717) is 0 Å². The Morgan fingerprint density at radius 3 is 2.40 bits per heavy atom. The Hall–Kier alpha value is -1.39. The van der Waals surface area contributed by atoms with Crippen LogP contribution >= 0.6 is 0 Å². The number of hydrogen-bond acceptors (Lipinski definition) is 3. The summed E-state index contributed by atoms with van der Waals surface area (Å²) in [5.41, 5.74) is 0.897. The molecule has 0 aliphatic rings. The molecule has 0 radical (unpaired) electrons. The first kappa shape index (κ1) is 11.7. The fourth-order valence-corrected chi connectivity index (χ4v) is 1.53. The van der Waals surface area contributed by atoms with E-state index in [1.165, 1.54) is 7.11 Å². The third-order valence-corrected chi connectivity index (χ3v) is 2.27. The second-order valence-corrected chi connectivity index (χ2v) is 3.17. The monoisotopic (exact) mass is 209 g/mol. The molecule has 2 atom stereocenters. The van der Waals surface area contributed by atoms with Gasteiger partial charge in [-0.05, 0) is 12.6 Å². The van der Waals surface area contributed by atoms with Crippen LogP contribution in [0, 0.1) is 0 Å². The minimum absolute atomic E-state index is 0.339. The van der Waals surface area contributed by atoms with Gasteiger partial charge in [0.1, 0.15) is 0 Å². The first-order valence-electron chi connectivity index (χ1n) is 4.68. The smallest absolute Gasteiger partial charge is 0.334 e. The number of hydrogen-bond donors (Lipinski definition) is 2. The summed E-state index contributed by atoms with van der Waals surface area (Å²) in [6.07, 6.45) is -0.877. The van der Waals surface area contributed by atoms with Gasteiger partial charge in [-0.1, -0.05) is 30.3 Å². The van der Waals surface area contributed by atoms with E-state index < -0.39 is 12.1 Å². The van der Waals surface area contributed by atoms with Gasteiger partial charge < -0.3 is 15.2 Å². The molecular formula is C11H15NO3. The summed E-state index contributed by atoms with van der Waals surface area (Å²) in [6.45, 7) is 0. The molecule has 0 spiro atoms. The van der Waals surface area contributed by atoms with Crippen LogP contribution in [0.3, 0.4) is 0 Å². The molecule has 1 aromatic rings. The molecule has 15 heavy (non-hydrogen) atoms. The second kappa shape index (κ2) is 5.48. The molecule has 0 saturated carbocycles. The Labute approximate surface area is 88.9 Å². The Balaban J connectivity index is 2.92. The highest BCUT2D eigenvalue weighted by atomic mass is 16.5. The van der Waals surface area contributed by atoms with E-state index in [0.717, 1.165) is 5.56 Å². The fourth-order valence-electron chi connectivity index (χ4n) is 1.53. The molecule has 0 heterocycles. The van der Waals surface area contributed by atoms with Gasteiger partial charge in [-0.25, -0.2) is 4.79 Å². The van der Waals surface area contributed by atoms with Gasteiger partial charge in [0.15, 0.2) is 6.10 Å². The number of likely N-dealkylation sites (N-methyl/N-ethyl adjacent to an activating group) is 1. The van der Waals surface area contributed by atoms with Crippen LogP contribution in [0.1, 0.15) is 11.6 Å².